The molecule has 0 spiro atoms. The highest BCUT2D eigenvalue weighted by atomic mass is 32.2. The monoisotopic (exact) mass is 536 g/mol. The largest absolute Gasteiger partial charge is 0.462 e. The zero-order chi connectivity index (χ0) is 26.2. The van der Waals surface area contributed by atoms with Gasteiger partial charge in [-0.25, -0.2) is 23.2 Å². The Morgan fingerprint density at radius 1 is 1.08 bits per heavy atom. The average Bonchev–Trinajstić information content (AvgIpc) is 3.21. The number of nitrogens with one attached hydrogen (secondary N) is 2. The summed E-state index contributed by atoms with van der Waals surface area (Å²) >= 11 is 1.49. The van der Waals surface area contributed by atoms with Gasteiger partial charge in [0.15, 0.2) is 11.6 Å². The lowest BCUT2D eigenvalue weighted by Crippen LogP contribution is -2.16. The van der Waals surface area contributed by atoms with E-state index in [9.17, 15) is 13.2 Å². The van der Waals surface area contributed by atoms with Crippen molar-refractivity contribution in [2.75, 3.05) is 16.6 Å². The summed E-state index contributed by atoms with van der Waals surface area (Å²) in [5.41, 5.74) is 3.58. The Labute approximate surface area is 220 Å². The van der Waals surface area contributed by atoms with Crippen LogP contribution >= 0.6 is 11.3 Å². The Bertz CT molecular complexity index is 1580. The Balaban J connectivity index is 1.60. The van der Waals surface area contributed by atoms with Crippen LogP contribution in [0.3, 0.4) is 0 Å². The first-order chi connectivity index (χ1) is 17.7. The SMILES string of the molecule is CCOC(=O)c1c(Nc2nc3ccccc3nc2NS(=O)(=O)c2ccc(C)cc2)sc2c1CCC(C)C2. The maximum atomic E-state index is 13.2. The molecule has 0 fully saturated rings. The summed E-state index contributed by atoms with van der Waals surface area (Å²) in [6.45, 7) is 6.13. The molecule has 0 aliphatic heterocycles. The first-order valence-electron chi connectivity index (χ1n) is 12.2. The van der Waals surface area contributed by atoms with Crippen LogP contribution < -0.4 is 10.0 Å². The number of aryl methyl sites for hydroxylation is 1. The molecule has 1 unspecified atom stereocenters. The van der Waals surface area contributed by atoms with Gasteiger partial charge in [0.25, 0.3) is 10.0 Å². The van der Waals surface area contributed by atoms with Crippen molar-refractivity contribution >= 4 is 55.0 Å². The molecule has 37 heavy (non-hydrogen) atoms. The fourth-order valence-electron chi connectivity index (χ4n) is 4.43. The van der Waals surface area contributed by atoms with Crippen molar-refractivity contribution in [3.05, 3.63) is 70.1 Å². The van der Waals surface area contributed by atoms with Crippen molar-refractivity contribution in [2.24, 2.45) is 5.92 Å². The Morgan fingerprint density at radius 2 is 1.76 bits per heavy atom. The lowest BCUT2D eigenvalue weighted by Gasteiger charge is -2.18. The molecular weight excluding hydrogens is 508 g/mol. The van der Waals surface area contributed by atoms with Gasteiger partial charge in [-0.2, -0.15) is 0 Å². The van der Waals surface area contributed by atoms with Gasteiger partial charge in [0.2, 0.25) is 0 Å². The maximum absolute atomic E-state index is 13.2. The highest BCUT2D eigenvalue weighted by molar-refractivity contribution is 7.92. The van der Waals surface area contributed by atoms with Crippen LogP contribution in [0.2, 0.25) is 0 Å². The molecule has 5 rings (SSSR count). The number of ether oxygens (including phenoxy) is 1. The van der Waals surface area contributed by atoms with Crippen LogP contribution in [-0.4, -0.2) is 31.0 Å². The highest BCUT2D eigenvalue weighted by Gasteiger charge is 2.29. The van der Waals surface area contributed by atoms with Crippen molar-refractivity contribution in [2.45, 2.75) is 44.9 Å². The number of anilines is 3. The standard InChI is InChI=1S/C27H28N4O4S2/c1-4-35-27(32)23-19-14-11-17(3)15-22(19)36-26(23)30-24-25(29-21-8-6-5-7-20(21)28-24)31-37(33,34)18-12-9-16(2)10-13-18/h5-10,12-13,17H,4,11,14-15H2,1-3H3,(H,28,30)(H,29,31). The third kappa shape index (κ3) is 5.17. The molecule has 4 aromatic rings. The second-order valence-electron chi connectivity index (χ2n) is 9.23. The van der Waals surface area contributed by atoms with Crippen molar-refractivity contribution in [3.8, 4) is 0 Å². The minimum atomic E-state index is -3.94. The normalized spacial score (nSPS) is 15.3. The molecule has 0 saturated carbocycles. The number of hydrogen-bond donors (Lipinski definition) is 2. The number of sulfonamides is 1. The maximum Gasteiger partial charge on any atom is 0.341 e. The Morgan fingerprint density at radius 3 is 2.43 bits per heavy atom. The number of benzene rings is 2. The number of rotatable bonds is 7. The predicted molar refractivity (Wildman–Crippen MR) is 146 cm³/mol. The number of fused-ring (bicyclic) bond motifs is 2. The number of para-hydroxylation sites is 2. The summed E-state index contributed by atoms with van der Waals surface area (Å²) in [5.74, 6) is 0.388. The van der Waals surface area contributed by atoms with E-state index in [4.69, 9.17) is 4.74 Å². The predicted octanol–water partition coefficient (Wildman–Crippen LogP) is 5.85. The lowest BCUT2D eigenvalue weighted by atomic mass is 9.88. The van der Waals surface area contributed by atoms with Crippen LogP contribution in [0.25, 0.3) is 11.0 Å². The molecule has 0 amide bonds. The highest BCUT2D eigenvalue weighted by Crippen LogP contribution is 2.42. The van der Waals surface area contributed by atoms with Crippen molar-refractivity contribution in [3.63, 3.8) is 0 Å². The molecule has 1 aliphatic rings. The van der Waals surface area contributed by atoms with E-state index in [1.165, 1.54) is 11.3 Å². The third-order valence-corrected chi connectivity index (χ3v) is 8.88. The first-order valence-corrected chi connectivity index (χ1v) is 14.5. The van der Waals surface area contributed by atoms with E-state index in [0.29, 0.717) is 27.5 Å². The van der Waals surface area contributed by atoms with Gasteiger partial charge >= 0.3 is 5.97 Å². The van der Waals surface area contributed by atoms with E-state index in [-0.39, 0.29) is 23.1 Å². The molecule has 10 heteroatoms. The first kappa shape index (κ1) is 25.2. The zero-order valence-electron chi connectivity index (χ0n) is 20.9. The van der Waals surface area contributed by atoms with Gasteiger partial charge in [0.1, 0.15) is 5.00 Å². The van der Waals surface area contributed by atoms with Crippen LogP contribution in [0.1, 0.15) is 46.6 Å². The summed E-state index contributed by atoms with van der Waals surface area (Å²) in [7, 11) is -3.94. The molecule has 1 atom stereocenters. The molecule has 0 bridgehead atoms. The Kier molecular flexibility index (Phi) is 6.87. The van der Waals surface area contributed by atoms with E-state index in [2.05, 4.69) is 26.9 Å². The summed E-state index contributed by atoms with van der Waals surface area (Å²) in [6, 6.07) is 13.8. The number of carbonyl (C=O) groups excluding carboxylic acids is 1. The van der Waals surface area contributed by atoms with Gasteiger partial charge in [0, 0.05) is 4.88 Å². The topological polar surface area (TPSA) is 110 Å². The number of carbonyl (C=O) groups is 1. The van der Waals surface area contributed by atoms with Crippen molar-refractivity contribution in [1.82, 2.24) is 9.97 Å². The molecule has 2 heterocycles. The van der Waals surface area contributed by atoms with Crippen molar-refractivity contribution < 1.29 is 17.9 Å². The van der Waals surface area contributed by atoms with Gasteiger partial charge in [-0.3, -0.25) is 4.72 Å². The van der Waals surface area contributed by atoms with Gasteiger partial charge in [-0.1, -0.05) is 36.8 Å². The smallest absolute Gasteiger partial charge is 0.341 e. The van der Waals surface area contributed by atoms with Crippen LogP contribution in [0.5, 0.6) is 0 Å². The molecular formula is C27H28N4O4S2. The number of esters is 1. The molecule has 0 saturated heterocycles. The van der Waals surface area contributed by atoms with E-state index in [1.54, 1.807) is 43.3 Å². The van der Waals surface area contributed by atoms with Gasteiger partial charge in [-0.05, 0) is 68.9 Å². The quantitative estimate of drug-likeness (QED) is 0.285. The van der Waals surface area contributed by atoms with E-state index < -0.39 is 16.0 Å². The third-order valence-electron chi connectivity index (χ3n) is 6.36. The zero-order valence-corrected chi connectivity index (χ0v) is 22.5. The summed E-state index contributed by atoms with van der Waals surface area (Å²) in [5, 5.41) is 3.83. The Hall–Kier alpha value is -3.50. The van der Waals surface area contributed by atoms with E-state index in [0.717, 1.165) is 35.3 Å². The second-order valence-corrected chi connectivity index (χ2v) is 12.0. The fourth-order valence-corrected chi connectivity index (χ4v) is 6.83. The van der Waals surface area contributed by atoms with Gasteiger partial charge < -0.3 is 10.1 Å². The molecule has 8 nitrogen and oxygen atoms in total. The summed E-state index contributed by atoms with van der Waals surface area (Å²) in [4.78, 5) is 23.5. The minimum Gasteiger partial charge on any atom is -0.462 e. The minimum absolute atomic E-state index is 0.0498. The number of nitrogens with zero attached hydrogens (tertiary/aromatic N) is 2. The lowest BCUT2D eigenvalue weighted by molar-refractivity contribution is 0.0526. The summed E-state index contributed by atoms with van der Waals surface area (Å²) < 4.78 is 34.5. The number of thiophene rings is 1. The van der Waals surface area contributed by atoms with Crippen LogP contribution in [0, 0.1) is 12.8 Å². The number of aromatic nitrogens is 2. The number of hydrogen-bond acceptors (Lipinski definition) is 8. The fraction of sp³-hybridized carbons (Fsp3) is 0.296. The van der Waals surface area contributed by atoms with E-state index >= 15 is 0 Å². The molecule has 192 valence electrons. The van der Waals surface area contributed by atoms with Gasteiger partial charge in [0.05, 0.1) is 28.1 Å². The molecule has 2 aromatic heterocycles. The molecule has 2 aromatic carbocycles. The van der Waals surface area contributed by atoms with Crippen LogP contribution in [-0.2, 0) is 27.6 Å². The molecule has 0 radical (unpaired) electrons. The van der Waals surface area contributed by atoms with E-state index in [1.807, 2.05) is 19.1 Å². The molecule has 1 aliphatic carbocycles. The van der Waals surface area contributed by atoms with Crippen LogP contribution in [0.15, 0.2) is 53.4 Å². The summed E-state index contributed by atoms with van der Waals surface area (Å²) in [6.07, 6.45) is 2.66. The van der Waals surface area contributed by atoms with Crippen molar-refractivity contribution in [1.29, 1.82) is 0 Å². The second kappa shape index (κ2) is 10.1. The molecule has 2 N–H and O–H groups in total. The van der Waals surface area contributed by atoms with Gasteiger partial charge in [-0.15, -0.1) is 11.3 Å². The van der Waals surface area contributed by atoms with Crippen LogP contribution in [0.4, 0.5) is 16.6 Å². The average molecular weight is 537 g/mol.